The van der Waals surface area contributed by atoms with Crippen molar-refractivity contribution >= 4 is 54.7 Å². The molecule has 0 atom stereocenters. The van der Waals surface area contributed by atoms with E-state index in [0.717, 1.165) is 111 Å². The average molecular weight is 762 g/mol. The summed E-state index contributed by atoms with van der Waals surface area (Å²) in [5.74, 6) is 0.557. The van der Waals surface area contributed by atoms with Crippen LogP contribution in [0.2, 0.25) is 0 Å². The van der Waals surface area contributed by atoms with Crippen molar-refractivity contribution < 1.29 is 0 Å². The number of nitrogens with zero attached hydrogens (tertiary/aromatic N) is 1. The van der Waals surface area contributed by atoms with Gasteiger partial charge in [-0.3, -0.25) is 4.90 Å². The fourth-order valence-electron chi connectivity index (χ4n) is 7.43. The number of benzene rings is 6. The number of hydrogen-bond donors (Lipinski definition) is 7. The summed E-state index contributed by atoms with van der Waals surface area (Å²) in [6.07, 6.45) is 0. The molecule has 0 aliphatic carbocycles. The summed E-state index contributed by atoms with van der Waals surface area (Å²) in [6.45, 7) is 17.9. The zero-order chi connectivity index (χ0) is 37.8. The molecule has 0 bridgehead atoms. The first kappa shape index (κ1) is 41.0. The van der Waals surface area contributed by atoms with Crippen molar-refractivity contribution in [2.24, 2.45) is 0 Å². The molecule has 0 amide bonds. The number of hydrogen-bond acceptors (Lipinski definition) is 8. The topological polar surface area (TPSA) is 87.5 Å². The number of alkyl halides is 1. The van der Waals surface area contributed by atoms with Crippen LogP contribution < -0.4 is 37.2 Å². The maximum absolute atomic E-state index is 6.08. The third kappa shape index (κ3) is 12.7. The van der Waals surface area contributed by atoms with E-state index >= 15 is 0 Å². The van der Waals surface area contributed by atoms with Crippen LogP contribution in [-0.2, 0) is 12.4 Å². The second kappa shape index (κ2) is 23.4. The van der Waals surface area contributed by atoms with Crippen molar-refractivity contribution in [2.75, 3.05) is 105 Å². The van der Waals surface area contributed by atoms with Crippen molar-refractivity contribution in [1.29, 1.82) is 0 Å². The molecular formula is C46H61ClN8. The Balaban J connectivity index is 0.000000155. The van der Waals surface area contributed by atoms with Crippen molar-refractivity contribution in [3.05, 3.63) is 120 Å². The molecule has 8 nitrogen and oxygen atoms in total. The van der Waals surface area contributed by atoms with Gasteiger partial charge < -0.3 is 37.2 Å². The molecular weight excluding hydrogens is 700 g/mol. The SMILES string of the molecule is C1CNCCNCCNCCN1.ClCc1c2ccccc2cc2ccccc12.c1ccc2c(CN3CCNCCNCCNCC3)c3ccccc3cc2c1. The second-order valence-corrected chi connectivity index (χ2v) is 14.5. The lowest BCUT2D eigenvalue weighted by atomic mass is 9.96. The molecule has 2 fully saturated rings. The normalized spacial score (nSPS) is 17.4. The van der Waals surface area contributed by atoms with E-state index in [1.165, 1.54) is 54.2 Å². The minimum atomic E-state index is 0.557. The maximum Gasteiger partial charge on any atom is 0.0486 e. The van der Waals surface area contributed by atoms with E-state index in [-0.39, 0.29) is 0 Å². The zero-order valence-corrected chi connectivity index (χ0v) is 33.2. The van der Waals surface area contributed by atoms with Gasteiger partial charge in [0.15, 0.2) is 0 Å². The largest absolute Gasteiger partial charge is 0.314 e. The van der Waals surface area contributed by atoms with Crippen molar-refractivity contribution in [1.82, 2.24) is 42.1 Å². The number of nitrogens with one attached hydrogen (secondary N) is 7. The highest BCUT2D eigenvalue weighted by Crippen LogP contribution is 2.30. The average Bonchev–Trinajstić information content (AvgIpc) is 3.21. The molecule has 2 heterocycles. The lowest BCUT2D eigenvalue weighted by molar-refractivity contribution is 0.265. The van der Waals surface area contributed by atoms with E-state index in [4.69, 9.17) is 11.6 Å². The van der Waals surface area contributed by atoms with Crippen LogP contribution in [0.3, 0.4) is 0 Å². The Kier molecular flexibility index (Phi) is 17.4. The Morgan fingerprint density at radius 2 is 0.636 bits per heavy atom. The summed E-state index contributed by atoms with van der Waals surface area (Å²) in [7, 11) is 0. The quantitative estimate of drug-likeness (QED) is 0.0920. The van der Waals surface area contributed by atoms with Crippen LogP contribution in [0.5, 0.6) is 0 Å². The molecule has 9 heteroatoms. The van der Waals surface area contributed by atoms with Crippen molar-refractivity contribution in [2.45, 2.75) is 12.4 Å². The number of rotatable bonds is 3. The van der Waals surface area contributed by atoms with Gasteiger partial charge in [0.25, 0.3) is 0 Å². The summed E-state index contributed by atoms with van der Waals surface area (Å²) < 4.78 is 0. The van der Waals surface area contributed by atoms with E-state index in [9.17, 15) is 0 Å². The molecule has 0 radical (unpaired) electrons. The fourth-order valence-corrected chi connectivity index (χ4v) is 7.72. The Morgan fingerprint density at radius 1 is 0.364 bits per heavy atom. The molecule has 0 saturated carbocycles. The Bertz CT molecular complexity index is 1860. The fraction of sp³-hybridized carbons (Fsp3) is 0.391. The van der Waals surface area contributed by atoms with Gasteiger partial charge >= 0.3 is 0 Å². The smallest absolute Gasteiger partial charge is 0.0486 e. The van der Waals surface area contributed by atoms with Gasteiger partial charge in [-0.05, 0) is 66.3 Å². The van der Waals surface area contributed by atoms with Gasteiger partial charge in [-0.15, -0.1) is 11.6 Å². The van der Waals surface area contributed by atoms with Gasteiger partial charge in [-0.2, -0.15) is 0 Å². The van der Waals surface area contributed by atoms with Crippen LogP contribution in [0, 0.1) is 0 Å². The lowest BCUT2D eigenvalue weighted by Crippen LogP contribution is -2.41. The van der Waals surface area contributed by atoms with Crippen LogP contribution in [0.4, 0.5) is 0 Å². The molecule has 292 valence electrons. The molecule has 7 N–H and O–H groups in total. The first-order valence-corrected chi connectivity index (χ1v) is 20.9. The van der Waals surface area contributed by atoms with Gasteiger partial charge in [0.2, 0.25) is 0 Å². The predicted octanol–water partition coefficient (Wildman–Crippen LogP) is 5.67. The minimum Gasteiger partial charge on any atom is -0.314 e. The lowest BCUT2D eigenvalue weighted by Gasteiger charge is -2.25. The highest BCUT2D eigenvalue weighted by molar-refractivity contribution is 6.20. The van der Waals surface area contributed by atoms with E-state index in [1.807, 2.05) is 0 Å². The summed E-state index contributed by atoms with van der Waals surface area (Å²) in [4.78, 5) is 2.59. The minimum absolute atomic E-state index is 0.557. The van der Waals surface area contributed by atoms with Gasteiger partial charge in [0, 0.05) is 117 Å². The molecule has 2 aliphatic heterocycles. The third-order valence-corrected chi connectivity index (χ3v) is 10.6. The first-order valence-electron chi connectivity index (χ1n) is 20.3. The number of halogens is 1. The molecule has 6 aromatic carbocycles. The predicted molar refractivity (Wildman–Crippen MR) is 238 cm³/mol. The molecule has 0 unspecified atom stereocenters. The van der Waals surface area contributed by atoms with Crippen LogP contribution in [0.25, 0.3) is 43.1 Å². The molecule has 0 spiro atoms. The van der Waals surface area contributed by atoms with E-state index in [0.29, 0.717) is 5.88 Å². The van der Waals surface area contributed by atoms with Gasteiger partial charge in [-0.25, -0.2) is 0 Å². The third-order valence-electron chi connectivity index (χ3n) is 10.4. The van der Waals surface area contributed by atoms with Crippen LogP contribution in [0.15, 0.2) is 109 Å². The van der Waals surface area contributed by atoms with E-state index in [1.54, 1.807) is 0 Å². The second-order valence-electron chi connectivity index (χ2n) is 14.3. The Labute approximate surface area is 333 Å². The molecule has 2 aliphatic rings. The summed E-state index contributed by atoms with van der Waals surface area (Å²) in [5.41, 5.74) is 2.69. The van der Waals surface area contributed by atoms with E-state index in [2.05, 4.69) is 151 Å². The van der Waals surface area contributed by atoms with Gasteiger partial charge in [0.05, 0.1) is 0 Å². The zero-order valence-electron chi connectivity index (χ0n) is 32.4. The maximum atomic E-state index is 6.08. The number of fused-ring (bicyclic) bond motifs is 4. The van der Waals surface area contributed by atoms with Gasteiger partial charge in [0.1, 0.15) is 0 Å². The summed E-state index contributed by atoms with van der Waals surface area (Å²) in [5, 5.41) is 34.5. The molecule has 55 heavy (non-hydrogen) atoms. The van der Waals surface area contributed by atoms with Crippen LogP contribution in [0.1, 0.15) is 11.1 Å². The Morgan fingerprint density at radius 3 is 0.945 bits per heavy atom. The molecule has 8 rings (SSSR count). The standard InChI is InChI=1S/C23H30N4.C15H11Cl.C8H20N4/c1-3-7-21-19(5-1)17-20-6-2-4-8-22(20)23(21)18-27-15-13-25-11-9-24-10-12-26-14-16-27;16-10-15-13-7-3-1-5-11(13)9-12-6-2-4-8-14(12)15;1-2-10-5-6-12-8-7-11-4-3-9-1/h1-8,17,24-26H,9-16,18H2;1-9H,10H2;9-12H,1-8H2. The first-order chi connectivity index (χ1) is 27.3. The molecule has 6 aromatic rings. The highest BCUT2D eigenvalue weighted by Gasteiger charge is 2.13. The summed E-state index contributed by atoms with van der Waals surface area (Å²) in [6, 6.07) is 39.0. The summed E-state index contributed by atoms with van der Waals surface area (Å²) >= 11 is 6.08. The highest BCUT2D eigenvalue weighted by atomic mass is 35.5. The van der Waals surface area contributed by atoms with E-state index < -0.39 is 0 Å². The molecule has 2 saturated heterocycles. The van der Waals surface area contributed by atoms with Crippen LogP contribution in [-0.4, -0.2) is 110 Å². The van der Waals surface area contributed by atoms with Crippen LogP contribution >= 0.6 is 11.6 Å². The van der Waals surface area contributed by atoms with Crippen molar-refractivity contribution in [3.63, 3.8) is 0 Å². The monoisotopic (exact) mass is 760 g/mol. The molecule has 0 aromatic heterocycles. The van der Waals surface area contributed by atoms with Crippen molar-refractivity contribution in [3.8, 4) is 0 Å². The Hall–Kier alpha value is -3.67. The van der Waals surface area contributed by atoms with Gasteiger partial charge in [-0.1, -0.05) is 97.1 Å².